The van der Waals surface area contributed by atoms with Gasteiger partial charge in [-0.2, -0.15) is 4.31 Å². The van der Waals surface area contributed by atoms with Crippen molar-refractivity contribution >= 4 is 15.8 Å². The second-order valence-electron chi connectivity index (χ2n) is 4.89. The van der Waals surface area contributed by atoms with E-state index in [0.717, 1.165) is 11.4 Å². The van der Waals surface area contributed by atoms with Gasteiger partial charge in [0.05, 0.1) is 6.26 Å². The first-order valence-corrected chi connectivity index (χ1v) is 8.14. The van der Waals surface area contributed by atoms with Crippen LogP contribution < -0.4 is 10.6 Å². The third-order valence-corrected chi connectivity index (χ3v) is 4.63. The molecule has 1 aromatic heterocycles. The molecule has 7 heteroatoms. The van der Waals surface area contributed by atoms with Crippen molar-refractivity contribution in [2.24, 2.45) is 5.73 Å². The van der Waals surface area contributed by atoms with Gasteiger partial charge in [0, 0.05) is 38.4 Å². The van der Waals surface area contributed by atoms with Gasteiger partial charge in [0.1, 0.15) is 5.82 Å². The van der Waals surface area contributed by atoms with Gasteiger partial charge in [-0.25, -0.2) is 13.4 Å². The van der Waals surface area contributed by atoms with E-state index in [9.17, 15) is 8.42 Å². The molecule has 0 spiro atoms. The van der Waals surface area contributed by atoms with E-state index in [0.29, 0.717) is 26.2 Å². The Bertz CT molecular complexity index is 519. The summed E-state index contributed by atoms with van der Waals surface area (Å²) in [5.41, 5.74) is 6.78. The molecule has 0 bridgehead atoms. The molecule has 1 atom stereocenters. The van der Waals surface area contributed by atoms with Gasteiger partial charge in [-0.3, -0.25) is 0 Å². The molecule has 0 radical (unpaired) electrons. The summed E-state index contributed by atoms with van der Waals surface area (Å²) in [6, 6.07) is 3.88. The van der Waals surface area contributed by atoms with E-state index in [1.807, 2.05) is 19.1 Å². The second kappa shape index (κ2) is 5.44. The zero-order valence-electron chi connectivity index (χ0n) is 11.3. The average molecular weight is 284 g/mol. The predicted octanol–water partition coefficient (Wildman–Crippen LogP) is 0.183. The third kappa shape index (κ3) is 3.43. The normalized spacial score (nSPS) is 19.4. The van der Waals surface area contributed by atoms with Crippen LogP contribution in [0.15, 0.2) is 18.3 Å². The largest absolute Gasteiger partial charge is 0.354 e. The summed E-state index contributed by atoms with van der Waals surface area (Å²) in [6.07, 6.45) is 3.03. The van der Waals surface area contributed by atoms with Crippen LogP contribution >= 0.6 is 0 Å². The molecule has 0 aliphatic carbocycles. The van der Waals surface area contributed by atoms with Crippen LogP contribution in [0.1, 0.15) is 18.5 Å². The molecule has 0 amide bonds. The SMILES string of the molecule is C[C@H](N)c1ccc(N2CCN(S(C)(=O)=O)CC2)nc1. The molecule has 0 saturated carbocycles. The molecule has 1 aliphatic heterocycles. The Hall–Kier alpha value is -1.18. The first-order chi connectivity index (χ1) is 8.88. The van der Waals surface area contributed by atoms with Crippen molar-refractivity contribution in [1.29, 1.82) is 0 Å². The van der Waals surface area contributed by atoms with Crippen LogP contribution in [-0.4, -0.2) is 50.1 Å². The van der Waals surface area contributed by atoms with E-state index in [2.05, 4.69) is 9.88 Å². The number of aromatic nitrogens is 1. The Morgan fingerprint density at radius 2 is 1.89 bits per heavy atom. The van der Waals surface area contributed by atoms with E-state index >= 15 is 0 Å². The Balaban J connectivity index is 2.02. The van der Waals surface area contributed by atoms with Gasteiger partial charge in [-0.05, 0) is 18.6 Å². The number of anilines is 1. The van der Waals surface area contributed by atoms with E-state index in [1.165, 1.54) is 10.6 Å². The quantitative estimate of drug-likeness (QED) is 0.856. The maximum absolute atomic E-state index is 11.4. The van der Waals surface area contributed by atoms with E-state index in [4.69, 9.17) is 5.73 Å². The van der Waals surface area contributed by atoms with Gasteiger partial charge in [0.25, 0.3) is 0 Å². The summed E-state index contributed by atoms with van der Waals surface area (Å²) >= 11 is 0. The lowest BCUT2D eigenvalue weighted by molar-refractivity contribution is 0.387. The minimum Gasteiger partial charge on any atom is -0.354 e. The monoisotopic (exact) mass is 284 g/mol. The average Bonchev–Trinajstić information content (AvgIpc) is 2.38. The van der Waals surface area contributed by atoms with Crippen molar-refractivity contribution < 1.29 is 8.42 Å². The molecular weight excluding hydrogens is 264 g/mol. The topological polar surface area (TPSA) is 79.5 Å². The highest BCUT2D eigenvalue weighted by Gasteiger charge is 2.23. The van der Waals surface area contributed by atoms with Gasteiger partial charge in [0.15, 0.2) is 0 Å². The summed E-state index contributed by atoms with van der Waals surface area (Å²) in [5.74, 6) is 0.873. The fourth-order valence-corrected chi connectivity index (χ4v) is 2.93. The van der Waals surface area contributed by atoms with Crippen molar-refractivity contribution in [3.05, 3.63) is 23.9 Å². The molecule has 2 N–H and O–H groups in total. The highest BCUT2D eigenvalue weighted by Crippen LogP contribution is 2.17. The Morgan fingerprint density at radius 3 is 2.32 bits per heavy atom. The molecule has 2 rings (SSSR count). The number of nitrogens with zero attached hydrogens (tertiary/aromatic N) is 3. The van der Waals surface area contributed by atoms with Crippen LogP contribution in [0, 0.1) is 0 Å². The molecule has 2 heterocycles. The lowest BCUT2D eigenvalue weighted by Crippen LogP contribution is -2.48. The molecular formula is C12H20N4O2S. The van der Waals surface area contributed by atoms with E-state index in [1.54, 1.807) is 6.20 Å². The number of hydrogen-bond acceptors (Lipinski definition) is 5. The highest BCUT2D eigenvalue weighted by molar-refractivity contribution is 7.88. The van der Waals surface area contributed by atoms with E-state index < -0.39 is 10.0 Å². The van der Waals surface area contributed by atoms with Crippen molar-refractivity contribution in [3.63, 3.8) is 0 Å². The summed E-state index contributed by atoms with van der Waals surface area (Å²) in [6.45, 7) is 4.27. The second-order valence-corrected chi connectivity index (χ2v) is 6.87. The van der Waals surface area contributed by atoms with Crippen molar-refractivity contribution in [1.82, 2.24) is 9.29 Å². The summed E-state index contributed by atoms with van der Waals surface area (Å²) < 4.78 is 24.4. The molecule has 6 nitrogen and oxygen atoms in total. The maximum Gasteiger partial charge on any atom is 0.211 e. The maximum atomic E-state index is 11.4. The lowest BCUT2D eigenvalue weighted by atomic mass is 10.1. The van der Waals surface area contributed by atoms with Crippen molar-refractivity contribution in [3.8, 4) is 0 Å². The van der Waals surface area contributed by atoms with Gasteiger partial charge >= 0.3 is 0 Å². The van der Waals surface area contributed by atoms with Crippen LogP contribution in [-0.2, 0) is 10.0 Å². The Labute approximate surface area is 114 Å². The summed E-state index contributed by atoms with van der Waals surface area (Å²) in [7, 11) is -3.08. The van der Waals surface area contributed by atoms with E-state index in [-0.39, 0.29) is 6.04 Å². The molecule has 1 aliphatic rings. The fourth-order valence-electron chi connectivity index (χ4n) is 2.10. The van der Waals surface area contributed by atoms with Gasteiger partial charge in [-0.1, -0.05) is 6.07 Å². The van der Waals surface area contributed by atoms with Crippen LogP contribution in [0.3, 0.4) is 0 Å². The Morgan fingerprint density at radius 1 is 1.26 bits per heavy atom. The number of sulfonamides is 1. The number of rotatable bonds is 3. The lowest BCUT2D eigenvalue weighted by Gasteiger charge is -2.34. The van der Waals surface area contributed by atoms with Crippen LogP contribution in [0.4, 0.5) is 5.82 Å². The van der Waals surface area contributed by atoms with Gasteiger partial charge < -0.3 is 10.6 Å². The zero-order chi connectivity index (χ0) is 14.0. The van der Waals surface area contributed by atoms with Crippen LogP contribution in [0.5, 0.6) is 0 Å². The summed E-state index contributed by atoms with van der Waals surface area (Å²) in [5, 5.41) is 0. The highest BCUT2D eigenvalue weighted by atomic mass is 32.2. The first-order valence-electron chi connectivity index (χ1n) is 6.29. The summed E-state index contributed by atoms with van der Waals surface area (Å²) in [4.78, 5) is 6.48. The minimum absolute atomic E-state index is 0.0244. The molecule has 0 aromatic carbocycles. The molecule has 0 unspecified atom stereocenters. The standard InChI is InChI=1S/C12H20N4O2S/c1-10(13)11-3-4-12(14-9-11)15-5-7-16(8-6-15)19(2,17)18/h3-4,9-10H,5-8,13H2,1-2H3/t10-/m0/s1. The van der Waals surface area contributed by atoms with Crippen LogP contribution in [0.25, 0.3) is 0 Å². The van der Waals surface area contributed by atoms with Crippen molar-refractivity contribution in [2.45, 2.75) is 13.0 Å². The Kier molecular flexibility index (Phi) is 4.07. The number of nitrogens with two attached hydrogens (primary N) is 1. The number of piperazine rings is 1. The fraction of sp³-hybridized carbons (Fsp3) is 0.583. The predicted molar refractivity (Wildman–Crippen MR) is 75.5 cm³/mol. The molecule has 1 aromatic rings. The van der Waals surface area contributed by atoms with Crippen LogP contribution in [0.2, 0.25) is 0 Å². The molecule has 1 saturated heterocycles. The third-order valence-electron chi connectivity index (χ3n) is 3.33. The number of pyridine rings is 1. The minimum atomic E-state index is -3.08. The molecule has 19 heavy (non-hydrogen) atoms. The smallest absolute Gasteiger partial charge is 0.211 e. The molecule has 106 valence electrons. The van der Waals surface area contributed by atoms with Gasteiger partial charge in [0.2, 0.25) is 10.0 Å². The number of hydrogen-bond donors (Lipinski definition) is 1. The first kappa shape index (κ1) is 14.2. The molecule has 1 fully saturated rings. The van der Waals surface area contributed by atoms with Crippen molar-refractivity contribution in [2.75, 3.05) is 37.3 Å². The van der Waals surface area contributed by atoms with Gasteiger partial charge in [-0.15, -0.1) is 0 Å². The zero-order valence-corrected chi connectivity index (χ0v) is 12.1.